The van der Waals surface area contributed by atoms with E-state index in [1.54, 1.807) is 0 Å². The zero-order valence-electron chi connectivity index (χ0n) is 18.6. The Hall–Kier alpha value is -2.93. The second kappa shape index (κ2) is 7.34. The number of morpholine rings is 1. The second-order valence-electron chi connectivity index (χ2n) is 8.95. The van der Waals surface area contributed by atoms with Gasteiger partial charge in [0, 0.05) is 41.2 Å². The molecule has 1 atom stereocenters. The Morgan fingerprint density at radius 2 is 2.13 bits per heavy atom. The van der Waals surface area contributed by atoms with Crippen LogP contribution in [0.5, 0.6) is 0 Å². The molecule has 0 radical (unpaired) electrons. The summed E-state index contributed by atoms with van der Waals surface area (Å²) in [6.45, 7) is 10.9. The number of anilines is 1. The third-order valence-electron chi connectivity index (χ3n) is 6.63. The van der Waals surface area contributed by atoms with Gasteiger partial charge in [0.05, 0.1) is 37.0 Å². The van der Waals surface area contributed by atoms with E-state index in [0.717, 1.165) is 40.1 Å². The van der Waals surface area contributed by atoms with Crippen LogP contribution in [0.4, 0.5) is 5.82 Å². The van der Waals surface area contributed by atoms with Crippen LogP contribution in [0.2, 0.25) is 0 Å². The number of carbonyl (C=O) groups is 1. The molecule has 5 rings (SSSR count). The number of nitrogens with one attached hydrogen (secondary N) is 1. The number of aromatic nitrogens is 3. The predicted molar refractivity (Wildman–Crippen MR) is 121 cm³/mol. The minimum absolute atomic E-state index is 0.137. The third-order valence-corrected chi connectivity index (χ3v) is 6.63. The molecule has 31 heavy (non-hydrogen) atoms. The highest BCUT2D eigenvalue weighted by atomic mass is 16.5. The first-order chi connectivity index (χ1) is 14.9. The molecule has 0 spiro atoms. The molecule has 1 unspecified atom stereocenters. The first kappa shape index (κ1) is 20.0. The molecule has 1 saturated heterocycles. The zero-order chi connectivity index (χ0) is 21.8. The van der Waals surface area contributed by atoms with Gasteiger partial charge in [-0.15, -0.1) is 0 Å². The third kappa shape index (κ3) is 3.10. The SMILES string of the molecule is CCC(=O)N1Cc2c(N3CCOCC3C)nc(-c3cccc4[nH]ccc34)nc2C1(C)C. The Kier molecular flexibility index (Phi) is 4.73. The summed E-state index contributed by atoms with van der Waals surface area (Å²) in [4.78, 5) is 30.5. The van der Waals surface area contributed by atoms with Crippen molar-refractivity contribution in [3.05, 3.63) is 41.7 Å². The van der Waals surface area contributed by atoms with Gasteiger partial charge in [0.15, 0.2) is 5.82 Å². The van der Waals surface area contributed by atoms with E-state index in [-0.39, 0.29) is 11.9 Å². The van der Waals surface area contributed by atoms with Gasteiger partial charge in [-0.2, -0.15) is 0 Å². The van der Waals surface area contributed by atoms with Crippen LogP contribution < -0.4 is 4.90 Å². The highest BCUT2D eigenvalue weighted by Crippen LogP contribution is 2.43. The highest BCUT2D eigenvalue weighted by Gasteiger charge is 2.44. The molecule has 2 aromatic heterocycles. The van der Waals surface area contributed by atoms with Crippen molar-refractivity contribution in [1.29, 1.82) is 0 Å². The number of aromatic amines is 1. The molecule has 1 N–H and O–H groups in total. The molecular formula is C24H29N5O2. The molecule has 162 valence electrons. The largest absolute Gasteiger partial charge is 0.377 e. The number of benzene rings is 1. The molecule has 7 heteroatoms. The van der Waals surface area contributed by atoms with Gasteiger partial charge in [-0.3, -0.25) is 4.79 Å². The van der Waals surface area contributed by atoms with E-state index in [9.17, 15) is 4.79 Å². The van der Waals surface area contributed by atoms with E-state index in [1.165, 1.54) is 0 Å². The van der Waals surface area contributed by atoms with Crippen LogP contribution in [0.3, 0.4) is 0 Å². The van der Waals surface area contributed by atoms with E-state index in [2.05, 4.69) is 48.9 Å². The normalized spacial score (nSPS) is 20.3. The number of H-pyrrole nitrogens is 1. The van der Waals surface area contributed by atoms with E-state index in [4.69, 9.17) is 14.7 Å². The summed E-state index contributed by atoms with van der Waals surface area (Å²) in [6, 6.07) is 8.43. The minimum Gasteiger partial charge on any atom is -0.377 e. The van der Waals surface area contributed by atoms with Crippen molar-refractivity contribution < 1.29 is 9.53 Å². The summed E-state index contributed by atoms with van der Waals surface area (Å²) >= 11 is 0. The molecule has 4 heterocycles. The Morgan fingerprint density at radius 3 is 2.90 bits per heavy atom. The molecule has 2 aliphatic rings. The van der Waals surface area contributed by atoms with Crippen LogP contribution in [0.25, 0.3) is 22.3 Å². The fourth-order valence-corrected chi connectivity index (χ4v) is 4.88. The van der Waals surface area contributed by atoms with Crippen molar-refractivity contribution in [2.45, 2.75) is 52.2 Å². The molecule has 2 aliphatic heterocycles. The van der Waals surface area contributed by atoms with Gasteiger partial charge in [0.2, 0.25) is 5.91 Å². The molecular weight excluding hydrogens is 390 g/mol. The topological polar surface area (TPSA) is 74.3 Å². The lowest BCUT2D eigenvalue weighted by molar-refractivity contribution is -0.136. The number of hydrogen-bond acceptors (Lipinski definition) is 5. The lowest BCUT2D eigenvalue weighted by Crippen LogP contribution is -2.44. The van der Waals surface area contributed by atoms with Crippen molar-refractivity contribution in [3.8, 4) is 11.4 Å². The number of amides is 1. The summed E-state index contributed by atoms with van der Waals surface area (Å²) in [5.41, 5.74) is 3.58. The van der Waals surface area contributed by atoms with E-state index >= 15 is 0 Å². The maximum Gasteiger partial charge on any atom is 0.223 e. The van der Waals surface area contributed by atoms with E-state index in [0.29, 0.717) is 32.0 Å². The maximum atomic E-state index is 12.8. The van der Waals surface area contributed by atoms with Crippen molar-refractivity contribution in [2.24, 2.45) is 0 Å². The highest BCUT2D eigenvalue weighted by molar-refractivity contribution is 5.93. The van der Waals surface area contributed by atoms with Crippen molar-refractivity contribution in [2.75, 3.05) is 24.7 Å². The van der Waals surface area contributed by atoms with E-state index in [1.807, 2.05) is 24.1 Å². The number of carbonyl (C=O) groups excluding carboxylic acids is 1. The smallest absolute Gasteiger partial charge is 0.223 e. The standard InChI is InChI=1S/C24H29N5O2/c1-5-20(30)29-13-18-21(24(29,3)4)26-22(17-7-6-8-19-16(17)9-10-25-19)27-23(18)28-11-12-31-14-15(28)2/h6-10,15,25H,5,11-14H2,1-4H3. The van der Waals surface area contributed by atoms with Crippen molar-refractivity contribution in [3.63, 3.8) is 0 Å². The maximum absolute atomic E-state index is 12.8. The van der Waals surface area contributed by atoms with Gasteiger partial charge in [-0.25, -0.2) is 9.97 Å². The van der Waals surface area contributed by atoms with Crippen LogP contribution in [0.15, 0.2) is 30.5 Å². The minimum atomic E-state index is -0.490. The number of fused-ring (bicyclic) bond motifs is 2. The van der Waals surface area contributed by atoms with Crippen LogP contribution in [0, 0.1) is 0 Å². The van der Waals surface area contributed by atoms with Gasteiger partial charge in [0.25, 0.3) is 0 Å². The number of rotatable bonds is 3. The molecule has 0 aliphatic carbocycles. The monoisotopic (exact) mass is 419 g/mol. The van der Waals surface area contributed by atoms with Gasteiger partial charge < -0.3 is 19.5 Å². The second-order valence-corrected chi connectivity index (χ2v) is 8.95. The fourth-order valence-electron chi connectivity index (χ4n) is 4.88. The molecule has 3 aromatic rings. The lowest BCUT2D eigenvalue weighted by Gasteiger charge is -2.35. The average Bonchev–Trinajstić information content (AvgIpc) is 3.35. The van der Waals surface area contributed by atoms with Crippen LogP contribution >= 0.6 is 0 Å². The van der Waals surface area contributed by atoms with Crippen LogP contribution in [-0.4, -0.2) is 51.6 Å². The number of nitrogens with zero attached hydrogens (tertiary/aromatic N) is 4. The van der Waals surface area contributed by atoms with Crippen molar-refractivity contribution >= 4 is 22.6 Å². The van der Waals surface area contributed by atoms with Gasteiger partial charge >= 0.3 is 0 Å². The Bertz CT molecular complexity index is 1150. The summed E-state index contributed by atoms with van der Waals surface area (Å²) in [7, 11) is 0. The average molecular weight is 420 g/mol. The first-order valence-electron chi connectivity index (χ1n) is 11.0. The van der Waals surface area contributed by atoms with Gasteiger partial charge in [-0.05, 0) is 32.9 Å². The summed E-state index contributed by atoms with van der Waals surface area (Å²) in [5, 5.41) is 1.10. The number of hydrogen-bond donors (Lipinski definition) is 1. The first-order valence-corrected chi connectivity index (χ1v) is 11.0. The molecule has 0 bridgehead atoms. The molecule has 1 aromatic carbocycles. The van der Waals surface area contributed by atoms with Gasteiger partial charge in [-0.1, -0.05) is 19.1 Å². The Balaban J connectivity index is 1.73. The molecule has 1 fully saturated rings. The van der Waals surface area contributed by atoms with Crippen LogP contribution in [-0.2, 0) is 21.6 Å². The van der Waals surface area contributed by atoms with Gasteiger partial charge in [0.1, 0.15) is 5.82 Å². The fraction of sp³-hybridized carbons (Fsp3) is 0.458. The molecule has 0 saturated carbocycles. The van der Waals surface area contributed by atoms with E-state index < -0.39 is 5.54 Å². The van der Waals surface area contributed by atoms with Crippen molar-refractivity contribution in [1.82, 2.24) is 19.9 Å². The Labute approximate surface area is 182 Å². The zero-order valence-corrected chi connectivity index (χ0v) is 18.6. The quantitative estimate of drug-likeness (QED) is 0.698. The Morgan fingerprint density at radius 1 is 1.29 bits per heavy atom. The summed E-state index contributed by atoms with van der Waals surface area (Å²) in [5.74, 6) is 1.78. The summed E-state index contributed by atoms with van der Waals surface area (Å²) < 4.78 is 5.68. The predicted octanol–water partition coefficient (Wildman–Crippen LogP) is 3.84. The summed E-state index contributed by atoms with van der Waals surface area (Å²) in [6.07, 6.45) is 2.42. The number of ether oxygens (including phenoxy) is 1. The lowest BCUT2D eigenvalue weighted by atomic mass is 9.98. The van der Waals surface area contributed by atoms with Crippen LogP contribution in [0.1, 0.15) is 45.4 Å². The molecule has 1 amide bonds. The molecule has 7 nitrogen and oxygen atoms in total.